The number of hydrogen-bond acceptors (Lipinski definition) is 3. The van der Waals surface area contributed by atoms with E-state index in [4.69, 9.17) is 0 Å². The molecule has 108 valence electrons. The van der Waals surface area contributed by atoms with Gasteiger partial charge in [-0.15, -0.1) is 0 Å². The lowest BCUT2D eigenvalue weighted by atomic mass is 10.1. The molecule has 2 aromatic rings. The van der Waals surface area contributed by atoms with Crippen molar-refractivity contribution in [2.75, 3.05) is 5.32 Å². The highest BCUT2D eigenvalue weighted by atomic mass is 127. The number of nitrogens with zero attached hydrogens (tertiary/aromatic N) is 1. The van der Waals surface area contributed by atoms with E-state index in [1.165, 1.54) is 30.3 Å². The van der Waals surface area contributed by atoms with Crippen LogP contribution < -0.4 is 5.32 Å². The van der Waals surface area contributed by atoms with Gasteiger partial charge in [0.2, 0.25) is 0 Å². The van der Waals surface area contributed by atoms with E-state index >= 15 is 0 Å². The number of halogens is 2. The summed E-state index contributed by atoms with van der Waals surface area (Å²) < 4.78 is 14.4. The number of carbonyl (C=O) groups is 1. The van der Waals surface area contributed by atoms with E-state index in [9.17, 15) is 19.3 Å². The standard InChI is InChI=1S/C14H10FIN2O3/c1-8-2-3-9(6-13(8)18(20)21)14(19)17-12-5-4-10(16)7-11(12)15/h2-7H,1H3,(H,17,19). The van der Waals surface area contributed by atoms with Crippen molar-refractivity contribution in [1.82, 2.24) is 0 Å². The Hall–Kier alpha value is -2.03. The Labute approximate surface area is 133 Å². The molecule has 0 fully saturated rings. The highest BCUT2D eigenvalue weighted by molar-refractivity contribution is 14.1. The molecule has 0 saturated carbocycles. The molecule has 2 aromatic carbocycles. The summed E-state index contributed by atoms with van der Waals surface area (Å²) in [6, 6.07) is 8.50. The molecule has 0 aliphatic rings. The lowest BCUT2D eigenvalue weighted by molar-refractivity contribution is -0.385. The molecule has 0 atom stereocenters. The van der Waals surface area contributed by atoms with Gasteiger partial charge in [0, 0.05) is 20.8 Å². The molecular weight excluding hydrogens is 390 g/mol. The second-order valence-corrected chi connectivity index (χ2v) is 5.58. The number of carbonyl (C=O) groups excluding carboxylic acids is 1. The van der Waals surface area contributed by atoms with Gasteiger partial charge in [0.25, 0.3) is 11.6 Å². The lowest BCUT2D eigenvalue weighted by Gasteiger charge is -2.07. The molecule has 0 spiro atoms. The van der Waals surface area contributed by atoms with Crippen molar-refractivity contribution < 1.29 is 14.1 Å². The lowest BCUT2D eigenvalue weighted by Crippen LogP contribution is -2.13. The van der Waals surface area contributed by atoms with Crippen LogP contribution in [0.25, 0.3) is 0 Å². The normalized spacial score (nSPS) is 10.2. The number of aryl methyl sites for hydroxylation is 1. The van der Waals surface area contributed by atoms with E-state index in [0.717, 1.165) is 0 Å². The van der Waals surface area contributed by atoms with Crippen molar-refractivity contribution in [2.45, 2.75) is 6.92 Å². The monoisotopic (exact) mass is 400 g/mol. The van der Waals surface area contributed by atoms with Crippen molar-refractivity contribution in [1.29, 1.82) is 0 Å². The van der Waals surface area contributed by atoms with Gasteiger partial charge in [0.1, 0.15) is 5.82 Å². The summed E-state index contributed by atoms with van der Waals surface area (Å²) in [5.41, 5.74) is 0.441. The van der Waals surface area contributed by atoms with Crippen molar-refractivity contribution in [3.8, 4) is 0 Å². The summed E-state index contributed by atoms with van der Waals surface area (Å²) in [5.74, 6) is -1.16. The van der Waals surface area contributed by atoms with Gasteiger partial charge >= 0.3 is 0 Å². The number of nitro benzene ring substituents is 1. The van der Waals surface area contributed by atoms with Crippen LogP contribution in [-0.2, 0) is 0 Å². The quantitative estimate of drug-likeness (QED) is 0.483. The van der Waals surface area contributed by atoms with Crippen LogP contribution >= 0.6 is 22.6 Å². The zero-order chi connectivity index (χ0) is 15.6. The molecule has 0 unspecified atom stereocenters. The molecule has 21 heavy (non-hydrogen) atoms. The molecule has 1 amide bonds. The van der Waals surface area contributed by atoms with E-state index in [1.54, 1.807) is 13.0 Å². The summed E-state index contributed by atoms with van der Waals surface area (Å²) in [6.45, 7) is 1.58. The smallest absolute Gasteiger partial charge is 0.273 e. The van der Waals surface area contributed by atoms with E-state index in [2.05, 4.69) is 5.32 Å². The van der Waals surface area contributed by atoms with Crippen LogP contribution in [0.1, 0.15) is 15.9 Å². The van der Waals surface area contributed by atoms with E-state index in [1.807, 2.05) is 22.6 Å². The third kappa shape index (κ3) is 3.54. The zero-order valence-electron chi connectivity index (χ0n) is 10.9. The van der Waals surface area contributed by atoms with Gasteiger partial charge < -0.3 is 5.32 Å². The topological polar surface area (TPSA) is 72.2 Å². The summed E-state index contributed by atoms with van der Waals surface area (Å²) in [4.78, 5) is 22.3. The van der Waals surface area contributed by atoms with Crippen LogP contribution in [0, 0.1) is 26.4 Å². The maximum absolute atomic E-state index is 13.7. The fourth-order valence-corrected chi connectivity index (χ4v) is 2.19. The number of nitro groups is 1. The number of hydrogen-bond donors (Lipinski definition) is 1. The summed E-state index contributed by atoms with van der Waals surface area (Å²) in [6.07, 6.45) is 0. The first kappa shape index (κ1) is 15.4. The van der Waals surface area contributed by atoms with Crippen LogP contribution in [-0.4, -0.2) is 10.8 Å². The molecule has 0 heterocycles. The summed E-state index contributed by atoms with van der Waals surface area (Å²) in [7, 11) is 0. The molecule has 0 aliphatic carbocycles. The number of anilines is 1. The van der Waals surface area contributed by atoms with Gasteiger partial charge in [-0.25, -0.2) is 4.39 Å². The first-order valence-corrected chi connectivity index (χ1v) is 6.98. The zero-order valence-corrected chi connectivity index (χ0v) is 13.0. The fourth-order valence-electron chi connectivity index (χ4n) is 1.73. The third-order valence-corrected chi connectivity index (χ3v) is 3.52. The number of rotatable bonds is 3. The van der Waals surface area contributed by atoms with Crippen LogP contribution in [0.2, 0.25) is 0 Å². The molecule has 1 N–H and O–H groups in total. The van der Waals surface area contributed by atoms with Crippen molar-refractivity contribution >= 4 is 39.9 Å². The van der Waals surface area contributed by atoms with Gasteiger partial charge in [-0.05, 0) is 53.8 Å². The van der Waals surface area contributed by atoms with Gasteiger partial charge in [0.15, 0.2) is 0 Å². The van der Waals surface area contributed by atoms with Crippen molar-refractivity contribution in [2.24, 2.45) is 0 Å². The maximum Gasteiger partial charge on any atom is 0.273 e. The van der Waals surface area contributed by atoms with E-state index < -0.39 is 16.6 Å². The Kier molecular flexibility index (Phi) is 4.51. The van der Waals surface area contributed by atoms with Gasteiger partial charge in [0.05, 0.1) is 10.6 Å². The number of nitrogens with one attached hydrogen (secondary N) is 1. The average Bonchev–Trinajstić information content (AvgIpc) is 2.42. The Balaban J connectivity index is 2.28. The average molecular weight is 400 g/mol. The van der Waals surface area contributed by atoms with Crippen molar-refractivity contribution in [3.63, 3.8) is 0 Å². The first-order valence-electron chi connectivity index (χ1n) is 5.90. The Morgan fingerprint density at radius 1 is 1.29 bits per heavy atom. The fraction of sp³-hybridized carbons (Fsp3) is 0.0714. The van der Waals surface area contributed by atoms with Crippen LogP contribution in [0.5, 0.6) is 0 Å². The minimum Gasteiger partial charge on any atom is -0.319 e. The van der Waals surface area contributed by atoms with Crippen LogP contribution in [0.4, 0.5) is 15.8 Å². The molecule has 0 aliphatic heterocycles. The molecule has 2 rings (SSSR count). The van der Waals surface area contributed by atoms with Crippen LogP contribution in [0.15, 0.2) is 36.4 Å². The third-order valence-electron chi connectivity index (χ3n) is 2.85. The first-order chi connectivity index (χ1) is 9.88. The molecule has 0 saturated heterocycles. The Morgan fingerprint density at radius 2 is 2.00 bits per heavy atom. The second-order valence-electron chi connectivity index (χ2n) is 4.34. The second kappa shape index (κ2) is 6.17. The maximum atomic E-state index is 13.7. The SMILES string of the molecule is Cc1ccc(C(=O)Nc2ccc(I)cc2F)cc1[N+](=O)[O-]. The molecule has 0 aromatic heterocycles. The van der Waals surface area contributed by atoms with Gasteiger partial charge in [-0.2, -0.15) is 0 Å². The highest BCUT2D eigenvalue weighted by Crippen LogP contribution is 2.21. The van der Waals surface area contributed by atoms with Gasteiger partial charge in [-0.3, -0.25) is 14.9 Å². The Morgan fingerprint density at radius 3 is 2.62 bits per heavy atom. The molecule has 7 heteroatoms. The molecular formula is C14H10FIN2O3. The van der Waals surface area contributed by atoms with E-state index in [0.29, 0.717) is 9.13 Å². The minimum absolute atomic E-state index is 0.0312. The van der Waals surface area contributed by atoms with Gasteiger partial charge in [-0.1, -0.05) is 6.07 Å². The van der Waals surface area contributed by atoms with E-state index in [-0.39, 0.29) is 16.9 Å². The molecule has 5 nitrogen and oxygen atoms in total. The minimum atomic E-state index is -0.599. The molecule has 0 radical (unpaired) electrons. The largest absolute Gasteiger partial charge is 0.319 e. The highest BCUT2D eigenvalue weighted by Gasteiger charge is 2.16. The number of amides is 1. The van der Waals surface area contributed by atoms with Crippen molar-refractivity contribution in [3.05, 3.63) is 67.0 Å². The predicted molar refractivity (Wildman–Crippen MR) is 84.9 cm³/mol. The Bertz CT molecular complexity index is 734. The summed E-state index contributed by atoms with van der Waals surface area (Å²) >= 11 is 1.95. The van der Waals surface area contributed by atoms with Crippen LogP contribution in [0.3, 0.4) is 0 Å². The number of benzene rings is 2. The molecule has 0 bridgehead atoms. The predicted octanol–water partition coefficient (Wildman–Crippen LogP) is 3.90. The summed E-state index contributed by atoms with van der Waals surface area (Å²) in [5, 5.41) is 13.3.